The van der Waals surface area contributed by atoms with Crippen molar-refractivity contribution in [1.29, 1.82) is 0 Å². The van der Waals surface area contributed by atoms with Gasteiger partial charge in [0.1, 0.15) is 5.82 Å². The average molecular weight is 279 g/mol. The zero-order valence-corrected chi connectivity index (χ0v) is 11.9. The number of ether oxygens (including phenoxy) is 1. The van der Waals surface area contributed by atoms with Crippen LogP contribution in [0.1, 0.15) is 42.0 Å². The van der Waals surface area contributed by atoms with Gasteiger partial charge in [0.25, 0.3) is 0 Å². The number of rotatable bonds is 4. The highest BCUT2D eigenvalue weighted by molar-refractivity contribution is 5.85. The second-order valence-corrected chi connectivity index (χ2v) is 5.28. The molecule has 20 heavy (non-hydrogen) atoms. The van der Waals surface area contributed by atoms with Gasteiger partial charge >= 0.3 is 5.97 Å². The number of aryl methyl sites for hydroxylation is 1. The maximum Gasteiger partial charge on any atom is 0.376 e. The minimum atomic E-state index is -0.537. The Morgan fingerprint density at radius 1 is 1.50 bits per heavy atom. The fourth-order valence-corrected chi connectivity index (χ4v) is 2.54. The summed E-state index contributed by atoms with van der Waals surface area (Å²) in [6.07, 6.45) is 3.70. The Kier molecular flexibility index (Phi) is 4.89. The zero-order valence-electron chi connectivity index (χ0n) is 11.9. The molecule has 1 aromatic rings. The molecule has 2 N–H and O–H groups in total. The molecule has 0 spiro atoms. The van der Waals surface area contributed by atoms with Gasteiger partial charge in [0.05, 0.1) is 13.2 Å². The second-order valence-electron chi connectivity index (χ2n) is 5.28. The third-order valence-corrected chi connectivity index (χ3v) is 3.55. The number of nitrogens with zero attached hydrogens (tertiary/aromatic N) is 2. The van der Waals surface area contributed by atoms with E-state index in [2.05, 4.69) is 20.0 Å². The third kappa shape index (κ3) is 3.90. The quantitative estimate of drug-likeness (QED) is 0.813. The number of carbonyl (C=O) groups excluding carboxylic acids is 1. The van der Waals surface area contributed by atoms with Gasteiger partial charge in [0.2, 0.25) is 5.82 Å². The molecular weight excluding hydrogens is 258 g/mol. The standard InChI is InChI=1S/C14H21N3O3/c1-9-6-12(17-13(16-9)14(19)20-2)15-8-10-4-3-5-11(18)7-10/h6,10-11,18H,3-5,7-8H2,1-2H3,(H,15,16,17). The van der Waals surface area contributed by atoms with Crippen molar-refractivity contribution < 1.29 is 14.6 Å². The number of hydrogen-bond donors (Lipinski definition) is 2. The number of nitrogens with one attached hydrogen (secondary N) is 1. The SMILES string of the molecule is COC(=O)c1nc(C)cc(NCC2CCCC(O)C2)n1. The molecule has 110 valence electrons. The Hall–Kier alpha value is -1.69. The van der Waals surface area contributed by atoms with Crippen LogP contribution < -0.4 is 5.32 Å². The summed E-state index contributed by atoms with van der Waals surface area (Å²) in [6.45, 7) is 2.55. The number of hydrogen-bond acceptors (Lipinski definition) is 6. The molecular formula is C14H21N3O3. The number of aliphatic hydroxyl groups is 1. The van der Waals surface area contributed by atoms with E-state index in [9.17, 15) is 9.90 Å². The Labute approximate surface area is 118 Å². The summed E-state index contributed by atoms with van der Waals surface area (Å²) in [5.74, 6) is 0.595. The van der Waals surface area contributed by atoms with Crippen LogP contribution in [0.25, 0.3) is 0 Å². The molecule has 2 unspecified atom stereocenters. The van der Waals surface area contributed by atoms with Crippen molar-refractivity contribution in [3.05, 3.63) is 17.6 Å². The second kappa shape index (κ2) is 6.65. The summed E-state index contributed by atoms with van der Waals surface area (Å²) in [5.41, 5.74) is 0.714. The summed E-state index contributed by atoms with van der Waals surface area (Å²) >= 11 is 0. The van der Waals surface area contributed by atoms with Crippen LogP contribution in [-0.4, -0.2) is 40.8 Å². The topological polar surface area (TPSA) is 84.3 Å². The van der Waals surface area contributed by atoms with Crippen LogP contribution in [-0.2, 0) is 4.74 Å². The maximum absolute atomic E-state index is 11.5. The Balaban J connectivity index is 1.98. The monoisotopic (exact) mass is 279 g/mol. The molecule has 0 amide bonds. The van der Waals surface area contributed by atoms with Gasteiger partial charge in [-0.05, 0) is 32.1 Å². The van der Waals surface area contributed by atoms with Crippen molar-refractivity contribution in [2.45, 2.75) is 38.7 Å². The van der Waals surface area contributed by atoms with Crippen LogP contribution in [0.4, 0.5) is 5.82 Å². The minimum Gasteiger partial charge on any atom is -0.463 e. The summed E-state index contributed by atoms with van der Waals surface area (Å²) in [7, 11) is 1.31. The molecule has 0 bridgehead atoms. The van der Waals surface area contributed by atoms with Crippen LogP contribution in [0, 0.1) is 12.8 Å². The molecule has 0 radical (unpaired) electrons. The van der Waals surface area contributed by atoms with Gasteiger partial charge in [-0.2, -0.15) is 0 Å². The first-order valence-electron chi connectivity index (χ1n) is 6.94. The van der Waals surface area contributed by atoms with E-state index >= 15 is 0 Å². The van der Waals surface area contributed by atoms with Gasteiger partial charge in [-0.1, -0.05) is 6.42 Å². The van der Waals surface area contributed by atoms with Crippen molar-refractivity contribution in [3.8, 4) is 0 Å². The molecule has 0 saturated heterocycles. The van der Waals surface area contributed by atoms with E-state index in [1.165, 1.54) is 7.11 Å². The molecule has 1 heterocycles. The van der Waals surface area contributed by atoms with Crippen molar-refractivity contribution >= 4 is 11.8 Å². The molecule has 1 fully saturated rings. The Morgan fingerprint density at radius 3 is 3.00 bits per heavy atom. The number of anilines is 1. The number of aliphatic hydroxyl groups excluding tert-OH is 1. The highest BCUT2D eigenvalue weighted by Crippen LogP contribution is 2.24. The van der Waals surface area contributed by atoms with E-state index < -0.39 is 5.97 Å². The summed E-state index contributed by atoms with van der Waals surface area (Å²) in [4.78, 5) is 19.7. The third-order valence-electron chi connectivity index (χ3n) is 3.55. The van der Waals surface area contributed by atoms with Crippen molar-refractivity contribution in [1.82, 2.24) is 9.97 Å². The summed E-state index contributed by atoms with van der Waals surface area (Å²) in [6, 6.07) is 1.80. The molecule has 0 aliphatic heterocycles. The van der Waals surface area contributed by atoms with E-state index in [4.69, 9.17) is 0 Å². The smallest absolute Gasteiger partial charge is 0.376 e. The predicted molar refractivity (Wildman–Crippen MR) is 74.6 cm³/mol. The fourth-order valence-electron chi connectivity index (χ4n) is 2.54. The molecule has 2 rings (SSSR count). The fraction of sp³-hybridized carbons (Fsp3) is 0.643. The highest BCUT2D eigenvalue weighted by atomic mass is 16.5. The van der Waals surface area contributed by atoms with Crippen LogP contribution >= 0.6 is 0 Å². The molecule has 2 atom stereocenters. The van der Waals surface area contributed by atoms with Gasteiger partial charge in [-0.3, -0.25) is 0 Å². The normalized spacial score (nSPS) is 22.4. The lowest BCUT2D eigenvalue weighted by molar-refractivity contribution is 0.0586. The first kappa shape index (κ1) is 14.7. The minimum absolute atomic E-state index is 0.0682. The predicted octanol–water partition coefficient (Wildman–Crippen LogP) is 1.53. The zero-order chi connectivity index (χ0) is 14.5. The molecule has 1 saturated carbocycles. The van der Waals surface area contributed by atoms with Crippen LogP contribution in [0.3, 0.4) is 0 Å². The van der Waals surface area contributed by atoms with Crippen molar-refractivity contribution in [2.24, 2.45) is 5.92 Å². The van der Waals surface area contributed by atoms with E-state index in [0.29, 0.717) is 17.4 Å². The molecule has 0 aromatic carbocycles. The number of carbonyl (C=O) groups is 1. The number of methoxy groups -OCH3 is 1. The van der Waals surface area contributed by atoms with E-state index in [0.717, 1.165) is 32.2 Å². The maximum atomic E-state index is 11.5. The molecule has 1 aromatic heterocycles. The molecule has 6 nitrogen and oxygen atoms in total. The van der Waals surface area contributed by atoms with E-state index in [1.54, 1.807) is 6.07 Å². The van der Waals surface area contributed by atoms with Crippen molar-refractivity contribution in [2.75, 3.05) is 19.0 Å². The van der Waals surface area contributed by atoms with Gasteiger partial charge in [-0.25, -0.2) is 14.8 Å². The molecule has 1 aliphatic rings. The Bertz CT molecular complexity index is 479. The van der Waals surface area contributed by atoms with Gasteiger partial charge in [0.15, 0.2) is 0 Å². The summed E-state index contributed by atoms with van der Waals surface area (Å²) < 4.78 is 4.63. The Morgan fingerprint density at radius 2 is 2.30 bits per heavy atom. The number of aromatic nitrogens is 2. The first-order valence-corrected chi connectivity index (χ1v) is 6.94. The lowest BCUT2D eigenvalue weighted by Gasteiger charge is -2.26. The molecule has 1 aliphatic carbocycles. The number of esters is 1. The summed E-state index contributed by atoms with van der Waals surface area (Å²) in [5, 5.41) is 12.9. The van der Waals surface area contributed by atoms with E-state index in [1.807, 2.05) is 6.92 Å². The van der Waals surface area contributed by atoms with Crippen LogP contribution in [0.2, 0.25) is 0 Å². The van der Waals surface area contributed by atoms with Crippen LogP contribution in [0.5, 0.6) is 0 Å². The average Bonchev–Trinajstić information content (AvgIpc) is 2.44. The van der Waals surface area contributed by atoms with Gasteiger partial charge in [0, 0.05) is 18.3 Å². The molecule has 6 heteroatoms. The lowest BCUT2D eigenvalue weighted by atomic mass is 9.87. The van der Waals surface area contributed by atoms with E-state index in [-0.39, 0.29) is 11.9 Å². The van der Waals surface area contributed by atoms with Gasteiger partial charge < -0.3 is 15.2 Å². The highest BCUT2D eigenvalue weighted by Gasteiger charge is 2.20. The lowest BCUT2D eigenvalue weighted by Crippen LogP contribution is -2.25. The van der Waals surface area contributed by atoms with Gasteiger partial charge in [-0.15, -0.1) is 0 Å². The van der Waals surface area contributed by atoms with Crippen molar-refractivity contribution in [3.63, 3.8) is 0 Å². The largest absolute Gasteiger partial charge is 0.463 e. The van der Waals surface area contributed by atoms with Crippen LogP contribution in [0.15, 0.2) is 6.07 Å². The first-order chi connectivity index (χ1) is 9.58.